The Hall–Kier alpha value is -0.250. The van der Waals surface area contributed by atoms with Crippen molar-refractivity contribution in [3.63, 3.8) is 0 Å². The molecule has 0 aliphatic carbocycles. The van der Waals surface area contributed by atoms with Crippen LogP contribution in [0.15, 0.2) is 0 Å². The molecule has 0 bridgehead atoms. The molecule has 0 aliphatic rings. The maximum Gasteiger partial charge on any atom is 0.340 e. The first-order chi connectivity index (χ1) is 11.8. The Morgan fingerprint density at radius 2 is 0.917 bits per heavy atom. The monoisotopic (exact) mass is 370 g/mol. The van der Waals surface area contributed by atoms with Gasteiger partial charge in [0.2, 0.25) is 0 Å². The van der Waals surface area contributed by atoms with E-state index in [0.29, 0.717) is 39.3 Å². The molecule has 0 spiro atoms. The number of rotatable bonds is 20. The van der Waals surface area contributed by atoms with Crippen LogP contribution < -0.4 is 43.7 Å². The van der Waals surface area contributed by atoms with Crippen molar-refractivity contribution in [2.24, 2.45) is 11.5 Å². The molecular formula is C12H34N8O3S. The lowest BCUT2D eigenvalue weighted by Crippen LogP contribution is -2.35. The van der Waals surface area contributed by atoms with E-state index in [1.165, 1.54) is 0 Å². The van der Waals surface area contributed by atoms with E-state index < -0.39 is 11.4 Å². The third-order valence-electron chi connectivity index (χ3n) is 2.66. The van der Waals surface area contributed by atoms with E-state index in [1.807, 2.05) is 0 Å². The molecule has 0 heterocycles. The summed E-state index contributed by atoms with van der Waals surface area (Å²) in [7, 11) is 0. The van der Waals surface area contributed by atoms with Crippen molar-refractivity contribution in [3.8, 4) is 0 Å². The lowest BCUT2D eigenvalue weighted by molar-refractivity contribution is 0.137. The van der Waals surface area contributed by atoms with Gasteiger partial charge in [0.1, 0.15) is 0 Å². The Labute approximate surface area is 147 Å². The molecular weight excluding hydrogens is 336 g/mol. The van der Waals surface area contributed by atoms with Crippen molar-refractivity contribution in [1.82, 2.24) is 32.2 Å². The summed E-state index contributed by atoms with van der Waals surface area (Å²) in [5.41, 5.74) is 15.8. The molecule has 10 N–H and O–H groups in total. The van der Waals surface area contributed by atoms with Gasteiger partial charge in [-0.3, -0.25) is 0 Å². The summed E-state index contributed by atoms with van der Waals surface area (Å²) in [5.74, 6) is 0. The lowest BCUT2D eigenvalue weighted by atomic mass is 10.5. The molecule has 0 unspecified atom stereocenters. The summed E-state index contributed by atoms with van der Waals surface area (Å²) in [6.45, 7) is 8.69. The Morgan fingerprint density at radius 3 is 1.29 bits per heavy atom. The average molecular weight is 371 g/mol. The number of hydroxylamine groups is 2. The van der Waals surface area contributed by atoms with E-state index in [0.717, 1.165) is 39.3 Å². The van der Waals surface area contributed by atoms with E-state index in [2.05, 4.69) is 32.2 Å². The van der Waals surface area contributed by atoms with Gasteiger partial charge in [-0.1, -0.05) is 0 Å². The van der Waals surface area contributed by atoms with Crippen LogP contribution in [0.1, 0.15) is 0 Å². The van der Waals surface area contributed by atoms with Gasteiger partial charge in [0.15, 0.2) is 0 Å². The first kappa shape index (κ1) is 23.8. The van der Waals surface area contributed by atoms with Crippen molar-refractivity contribution < 1.29 is 12.8 Å². The molecule has 0 rings (SSSR count). The second-order valence-corrected chi connectivity index (χ2v) is 5.48. The smallest absolute Gasteiger partial charge is 0.329 e. The standard InChI is InChI=1S/C12H34N8O3S/c13-1-3-15-5-7-17-9-11-19-22-24(21)23-20-12-10-18-8-6-16-4-2-14/h15-20H,1-14H2. The van der Waals surface area contributed by atoms with E-state index in [9.17, 15) is 4.21 Å². The van der Waals surface area contributed by atoms with Gasteiger partial charge in [-0.25, -0.2) is 0 Å². The quantitative estimate of drug-likeness (QED) is 0.0777. The van der Waals surface area contributed by atoms with Crippen LogP contribution in [-0.2, 0) is 19.9 Å². The minimum atomic E-state index is -1.87. The molecule has 0 aromatic rings. The highest BCUT2D eigenvalue weighted by atomic mass is 32.2. The van der Waals surface area contributed by atoms with Gasteiger partial charge in [0.05, 0.1) is 0 Å². The second-order valence-electron chi connectivity index (χ2n) is 4.74. The minimum Gasteiger partial charge on any atom is -0.329 e. The fourth-order valence-corrected chi connectivity index (χ4v) is 1.93. The molecule has 24 heavy (non-hydrogen) atoms. The molecule has 0 aromatic heterocycles. The molecule has 146 valence electrons. The van der Waals surface area contributed by atoms with Gasteiger partial charge >= 0.3 is 11.4 Å². The van der Waals surface area contributed by atoms with E-state index >= 15 is 0 Å². The Morgan fingerprint density at radius 1 is 0.583 bits per heavy atom. The van der Waals surface area contributed by atoms with Crippen LogP contribution in [-0.4, -0.2) is 82.7 Å². The summed E-state index contributed by atoms with van der Waals surface area (Å²) in [5, 5.41) is 12.7. The Balaban J connectivity index is 3.13. The summed E-state index contributed by atoms with van der Waals surface area (Å²) >= 11 is -1.87. The number of hydrogen-bond donors (Lipinski definition) is 8. The van der Waals surface area contributed by atoms with Gasteiger partial charge in [0, 0.05) is 78.5 Å². The molecule has 11 nitrogen and oxygen atoms in total. The number of nitrogens with one attached hydrogen (secondary N) is 6. The van der Waals surface area contributed by atoms with Crippen LogP contribution in [0, 0.1) is 0 Å². The van der Waals surface area contributed by atoms with Gasteiger partial charge in [-0.2, -0.15) is 23.7 Å². The predicted molar refractivity (Wildman–Crippen MR) is 95.9 cm³/mol. The lowest BCUT2D eigenvalue weighted by Gasteiger charge is -2.08. The van der Waals surface area contributed by atoms with Crippen LogP contribution in [0.2, 0.25) is 0 Å². The van der Waals surface area contributed by atoms with Crippen LogP contribution in [0.3, 0.4) is 0 Å². The summed E-state index contributed by atoms with van der Waals surface area (Å²) < 4.78 is 20.9. The van der Waals surface area contributed by atoms with Crippen LogP contribution >= 0.6 is 0 Å². The molecule has 0 aromatic carbocycles. The SMILES string of the molecule is NCCNCCNCCNOS(=O)ONCCNCCNCCN. The van der Waals surface area contributed by atoms with Crippen molar-refractivity contribution in [1.29, 1.82) is 0 Å². The molecule has 0 atom stereocenters. The van der Waals surface area contributed by atoms with Gasteiger partial charge in [0.25, 0.3) is 0 Å². The van der Waals surface area contributed by atoms with E-state index in [1.54, 1.807) is 0 Å². The third kappa shape index (κ3) is 19.8. The largest absolute Gasteiger partial charge is 0.340 e. The fraction of sp³-hybridized carbons (Fsp3) is 1.00. The van der Waals surface area contributed by atoms with Crippen LogP contribution in [0.25, 0.3) is 0 Å². The summed E-state index contributed by atoms with van der Waals surface area (Å²) in [6.07, 6.45) is 0. The Bertz CT molecular complexity index is 255. The maximum atomic E-state index is 11.3. The molecule has 0 amide bonds. The molecule has 0 saturated carbocycles. The zero-order valence-electron chi connectivity index (χ0n) is 14.3. The third-order valence-corrected chi connectivity index (χ3v) is 3.17. The van der Waals surface area contributed by atoms with Crippen molar-refractivity contribution in [2.45, 2.75) is 0 Å². The fourth-order valence-electron chi connectivity index (χ4n) is 1.53. The molecule has 0 saturated heterocycles. The topological polar surface area (TPSA) is 160 Å². The summed E-state index contributed by atoms with van der Waals surface area (Å²) in [6, 6.07) is 0. The molecule has 0 fully saturated rings. The van der Waals surface area contributed by atoms with Crippen molar-refractivity contribution in [3.05, 3.63) is 0 Å². The highest BCUT2D eigenvalue weighted by Gasteiger charge is 2.00. The zero-order chi connectivity index (χ0) is 17.7. The molecule has 12 heteroatoms. The average Bonchev–Trinajstić information content (AvgIpc) is 2.59. The zero-order valence-corrected chi connectivity index (χ0v) is 15.1. The molecule has 0 aliphatic heterocycles. The second kappa shape index (κ2) is 20.8. The molecule has 0 radical (unpaired) electrons. The normalized spacial score (nSPS) is 11.5. The van der Waals surface area contributed by atoms with Crippen molar-refractivity contribution in [2.75, 3.05) is 78.5 Å². The van der Waals surface area contributed by atoms with Gasteiger partial charge in [-0.15, -0.1) is 0 Å². The minimum absolute atomic E-state index is 0.517. The van der Waals surface area contributed by atoms with Gasteiger partial charge < -0.3 is 32.7 Å². The van der Waals surface area contributed by atoms with Crippen LogP contribution in [0.5, 0.6) is 0 Å². The first-order valence-electron chi connectivity index (χ1n) is 8.26. The Kier molecular flexibility index (Phi) is 20.6. The number of nitrogens with two attached hydrogens (primary N) is 2. The maximum absolute atomic E-state index is 11.3. The van der Waals surface area contributed by atoms with E-state index in [-0.39, 0.29) is 0 Å². The van der Waals surface area contributed by atoms with Gasteiger partial charge in [-0.05, 0) is 0 Å². The first-order valence-corrected chi connectivity index (χ1v) is 9.26. The van der Waals surface area contributed by atoms with Crippen LogP contribution in [0.4, 0.5) is 0 Å². The number of hydrogen-bond acceptors (Lipinski definition) is 11. The predicted octanol–water partition coefficient (Wildman–Crippen LogP) is -4.12. The summed E-state index contributed by atoms with van der Waals surface area (Å²) in [4.78, 5) is 0. The van der Waals surface area contributed by atoms with Crippen molar-refractivity contribution >= 4 is 11.4 Å². The van der Waals surface area contributed by atoms with E-state index in [4.69, 9.17) is 20.0 Å². The highest BCUT2D eigenvalue weighted by Crippen LogP contribution is 1.80. The highest BCUT2D eigenvalue weighted by molar-refractivity contribution is 7.75.